The van der Waals surface area contributed by atoms with Crippen LogP contribution >= 0.6 is 22.9 Å². The molecule has 1 unspecified atom stereocenters. The van der Waals surface area contributed by atoms with Gasteiger partial charge in [0, 0.05) is 6.54 Å². The van der Waals surface area contributed by atoms with E-state index in [1.165, 1.54) is 5.56 Å². The largest absolute Gasteiger partial charge is 0.305 e. The third-order valence-electron chi connectivity index (χ3n) is 2.83. The van der Waals surface area contributed by atoms with E-state index in [1.54, 1.807) is 17.5 Å². The van der Waals surface area contributed by atoms with Crippen molar-refractivity contribution < 1.29 is 0 Å². The summed E-state index contributed by atoms with van der Waals surface area (Å²) >= 11 is 8.01. The van der Waals surface area contributed by atoms with Gasteiger partial charge in [0.25, 0.3) is 0 Å². The van der Waals surface area contributed by atoms with E-state index < -0.39 is 0 Å². The molecule has 1 N–H and O–H groups in total. The number of thiophene rings is 1. The summed E-state index contributed by atoms with van der Waals surface area (Å²) in [7, 11) is 0. The van der Waals surface area contributed by atoms with Gasteiger partial charge in [-0.1, -0.05) is 25.4 Å². The molecule has 18 heavy (non-hydrogen) atoms. The maximum Gasteiger partial charge on any atom is 0.0837 e. The van der Waals surface area contributed by atoms with Crippen LogP contribution in [-0.2, 0) is 6.54 Å². The van der Waals surface area contributed by atoms with E-state index in [1.807, 2.05) is 4.68 Å². The number of hydrogen-bond acceptors (Lipinski definition) is 3. The van der Waals surface area contributed by atoms with Crippen molar-refractivity contribution in [2.24, 2.45) is 0 Å². The maximum atomic E-state index is 6.31. The summed E-state index contributed by atoms with van der Waals surface area (Å²) in [6.45, 7) is 6.04. The van der Waals surface area contributed by atoms with E-state index in [9.17, 15) is 0 Å². The van der Waals surface area contributed by atoms with E-state index in [-0.39, 0.29) is 6.04 Å². The van der Waals surface area contributed by atoms with Crippen molar-refractivity contribution >= 4 is 22.9 Å². The summed E-state index contributed by atoms with van der Waals surface area (Å²) in [6.07, 6.45) is 2.79. The second-order valence-corrected chi connectivity index (χ2v) is 5.34. The highest BCUT2D eigenvalue weighted by Gasteiger charge is 2.21. The van der Waals surface area contributed by atoms with Crippen LogP contribution in [0.2, 0.25) is 5.02 Å². The molecular weight excluding hydrogens is 266 g/mol. The monoisotopic (exact) mass is 283 g/mol. The number of hydrogen-bond donors (Lipinski definition) is 1. The van der Waals surface area contributed by atoms with Crippen LogP contribution in [0.15, 0.2) is 23.0 Å². The van der Waals surface area contributed by atoms with Gasteiger partial charge in [-0.3, -0.25) is 4.68 Å². The van der Waals surface area contributed by atoms with Gasteiger partial charge in [0.2, 0.25) is 0 Å². The Kier molecular flexibility index (Phi) is 4.80. The summed E-state index contributed by atoms with van der Waals surface area (Å²) in [5, 5.41) is 12.8. The molecule has 2 rings (SSSR count). The predicted octanol–water partition coefficient (Wildman–Crippen LogP) is 3.71. The zero-order chi connectivity index (χ0) is 13.0. The van der Waals surface area contributed by atoms with Crippen LogP contribution < -0.4 is 5.32 Å². The fourth-order valence-corrected chi connectivity index (χ4v) is 3.00. The summed E-state index contributed by atoms with van der Waals surface area (Å²) in [5.74, 6) is 0. The Bertz CT molecular complexity index is 478. The van der Waals surface area contributed by atoms with Crippen molar-refractivity contribution in [3.05, 3.63) is 39.3 Å². The lowest BCUT2D eigenvalue weighted by molar-refractivity contribution is 0.521. The van der Waals surface area contributed by atoms with Gasteiger partial charge in [0.1, 0.15) is 0 Å². The molecule has 1 atom stereocenters. The van der Waals surface area contributed by atoms with E-state index in [4.69, 9.17) is 11.6 Å². The van der Waals surface area contributed by atoms with E-state index in [0.29, 0.717) is 0 Å². The first-order valence-electron chi connectivity index (χ1n) is 6.24. The molecule has 0 saturated carbocycles. The van der Waals surface area contributed by atoms with Crippen molar-refractivity contribution in [1.29, 1.82) is 0 Å². The summed E-state index contributed by atoms with van der Waals surface area (Å²) in [6, 6.07) is 2.26. The maximum absolute atomic E-state index is 6.31. The first-order chi connectivity index (χ1) is 8.77. The Labute approximate surface area is 117 Å². The van der Waals surface area contributed by atoms with Gasteiger partial charge in [-0.25, -0.2) is 0 Å². The van der Waals surface area contributed by atoms with Crippen molar-refractivity contribution in [2.45, 2.75) is 32.9 Å². The summed E-state index contributed by atoms with van der Waals surface area (Å²) in [5.41, 5.74) is 2.32. The molecular formula is C13H18ClN3S. The van der Waals surface area contributed by atoms with Crippen molar-refractivity contribution in [3.8, 4) is 0 Å². The van der Waals surface area contributed by atoms with Gasteiger partial charge in [0.05, 0.1) is 23.0 Å². The van der Waals surface area contributed by atoms with Crippen molar-refractivity contribution in [1.82, 2.24) is 15.1 Å². The van der Waals surface area contributed by atoms with Gasteiger partial charge >= 0.3 is 0 Å². The predicted molar refractivity (Wildman–Crippen MR) is 77.4 cm³/mol. The normalized spacial score (nSPS) is 12.8. The Morgan fingerprint density at radius 3 is 2.94 bits per heavy atom. The fraction of sp³-hybridized carbons (Fsp3) is 0.462. The van der Waals surface area contributed by atoms with Gasteiger partial charge in [-0.05, 0) is 35.4 Å². The third kappa shape index (κ3) is 2.76. The number of nitrogens with zero attached hydrogens (tertiary/aromatic N) is 2. The standard InChI is InChI=1S/C13H18ClN3S/c1-3-6-17-13(11(14)8-16-17)12(15-4-2)10-5-7-18-9-10/h5,7-9,12,15H,3-4,6H2,1-2H3. The Hall–Kier alpha value is -0.840. The van der Waals surface area contributed by atoms with E-state index >= 15 is 0 Å². The molecule has 2 aromatic rings. The van der Waals surface area contributed by atoms with Crippen LogP contribution in [0.3, 0.4) is 0 Å². The zero-order valence-electron chi connectivity index (χ0n) is 10.7. The molecule has 0 aliphatic heterocycles. The van der Waals surface area contributed by atoms with Crippen LogP contribution in [0.4, 0.5) is 0 Å². The number of halogens is 1. The molecule has 0 saturated heterocycles. The first-order valence-corrected chi connectivity index (χ1v) is 7.56. The number of rotatable bonds is 6. The Balaban J connectivity index is 2.39. The molecule has 2 heterocycles. The minimum Gasteiger partial charge on any atom is -0.305 e. The highest BCUT2D eigenvalue weighted by atomic mass is 35.5. The second kappa shape index (κ2) is 6.36. The van der Waals surface area contributed by atoms with Crippen molar-refractivity contribution in [2.75, 3.05) is 6.54 Å². The zero-order valence-corrected chi connectivity index (χ0v) is 12.3. The number of aryl methyl sites for hydroxylation is 1. The molecule has 0 amide bonds. The van der Waals surface area contributed by atoms with Crippen LogP contribution in [-0.4, -0.2) is 16.3 Å². The number of aromatic nitrogens is 2. The average Bonchev–Trinajstić information content (AvgIpc) is 2.98. The van der Waals surface area contributed by atoms with Crippen LogP contribution in [0, 0.1) is 0 Å². The lowest BCUT2D eigenvalue weighted by Crippen LogP contribution is -2.25. The SMILES string of the molecule is CCCn1ncc(Cl)c1C(NCC)c1ccsc1. The van der Waals surface area contributed by atoms with Crippen LogP contribution in [0.5, 0.6) is 0 Å². The topological polar surface area (TPSA) is 29.9 Å². The highest BCUT2D eigenvalue weighted by Crippen LogP contribution is 2.29. The van der Waals surface area contributed by atoms with Gasteiger partial charge in [0.15, 0.2) is 0 Å². The average molecular weight is 284 g/mol. The van der Waals surface area contributed by atoms with Gasteiger partial charge in [-0.15, -0.1) is 0 Å². The molecule has 0 aromatic carbocycles. The molecule has 98 valence electrons. The Morgan fingerprint density at radius 1 is 1.50 bits per heavy atom. The minimum atomic E-state index is 0.128. The summed E-state index contributed by atoms with van der Waals surface area (Å²) in [4.78, 5) is 0. The molecule has 0 bridgehead atoms. The van der Waals surface area contributed by atoms with E-state index in [0.717, 1.165) is 30.2 Å². The molecule has 0 aliphatic carbocycles. The van der Waals surface area contributed by atoms with Crippen LogP contribution in [0.1, 0.15) is 37.6 Å². The minimum absolute atomic E-state index is 0.128. The number of nitrogens with one attached hydrogen (secondary N) is 1. The van der Waals surface area contributed by atoms with Crippen molar-refractivity contribution in [3.63, 3.8) is 0 Å². The molecule has 0 fully saturated rings. The van der Waals surface area contributed by atoms with Gasteiger partial charge in [-0.2, -0.15) is 16.4 Å². The molecule has 3 nitrogen and oxygen atoms in total. The fourth-order valence-electron chi connectivity index (χ4n) is 2.06. The smallest absolute Gasteiger partial charge is 0.0837 e. The molecule has 5 heteroatoms. The highest BCUT2D eigenvalue weighted by molar-refractivity contribution is 7.08. The molecule has 0 spiro atoms. The molecule has 0 aliphatic rings. The first kappa shape index (κ1) is 13.6. The third-order valence-corrected chi connectivity index (χ3v) is 3.82. The second-order valence-electron chi connectivity index (χ2n) is 4.15. The summed E-state index contributed by atoms with van der Waals surface area (Å²) < 4.78 is 2.01. The lowest BCUT2D eigenvalue weighted by Gasteiger charge is -2.19. The molecule has 2 aromatic heterocycles. The van der Waals surface area contributed by atoms with Gasteiger partial charge < -0.3 is 5.32 Å². The lowest BCUT2D eigenvalue weighted by atomic mass is 10.1. The Morgan fingerprint density at radius 2 is 2.33 bits per heavy atom. The van der Waals surface area contributed by atoms with Crippen LogP contribution in [0.25, 0.3) is 0 Å². The quantitative estimate of drug-likeness (QED) is 0.876. The van der Waals surface area contributed by atoms with E-state index in [2.05, 4.69) is 41.1 Å². The molecule has 0 radical (unpaired) electrons.